The normalized spacial score (nSPS) is 14.8. The van der Waals surface area contributed by atoms with Crippen LogP contribution in [0.2, 0.25) is 13.1 Å². The molecule has 0 aromatic rings. The van der Waals surface area contributed by atoms with Gasteiger partial charge in [0.2, 0.25) is 0 Å². The van der Waals surface area contributed by atoms with Gasteiger partial charge in [0.15, 0.2) is 0 Å². The smallest absolute Gasteiger partial charge is 1.00 e. The molecule has 20 heavy (non-hydrogen) atoms. The third-order valence-electron chi connectivity index (χ3n) is 2.73. The number of allylic oxidation sites excluding steroid dienone is 8. The fraction of sp³-hybridized carbons (Fsp3) is 0.500. The van der Waals surface area contributed by atoms with Gasteiger partial charge in [0, 0.05) is 0 Å². The van der Waals surface area contributed by atoms with Crippen LogP contribution < -0.4 is 34.0 Å². The van der Waals surface area contributed by atoms with Crippen LogP contribution in [0.5, 0.6) is 0 Å². The van der Waals surface area contributed by atoms with Gasteiger partial charge in [-0.3, -0.25) is 12.2 Å². The van der Waals surface area contributed by atoms with E-state index in [1.807, 2.05) is 0 Å². The van der Waals surface area contributed by atoms with Crippen LogP contribution in [0.1, 0.15) is 40.5 Å². The molecule has 0 spiro atoms. The van der Waals surface area contributed by atoms with Gasteiger partial charge in [-0.2, -0.15) is 12.2 Å². The van der Waals surface area contributed by atoms with E-state index < -0.39 is 0 Å². The maximum Gasteiger partial charge on any atom is -1.00 e. The van der Waals surface area contributed by atoms with Crippen LogP contribution in [0.4, 0.5) is 0 Å². The van der Waals surface area contributed by atoms with Crippen molar-refractivity contribution in [1.29, 1.82) is 0 Å². The molecule has 2 rings (SSSR count). The summed E-state index contributed by atoms with van der Waals surface area (Å²) >= 11 is 1.45. The van der Waals surface area contributed by atoms with Crippen molar-refractivity contribution in [3.05, 3.63) is 46.6 Å². The molecule has 112 valence electrons. The number of hydrogen-bond donors (Lipinski definition) is 0. The van der Waals surface area contributed by atoms with Crippen molar-refractivity contribution in [2.45, 2.75) is 53.6 Å². The molecular formula is C16H24Br2HfSi-2. The van der Waals surface area contributed by atoms with Crippen LogP contribution in [0.15, 0.2) is 34.4 Å². The van der Waals surface area contributed by atoms with E-state index in [1.165, 1.54) is 45.3 Å². The second-order valence-electron chi connectivity index (χ2n) is 4.79. The van der Waals surface area contributed by atoms with Crippen molar-refractivity contribution in [3.63, 3.8) is 0 Å². The molecule has 4 heteroatoms. The van der Waals surface area contributed by atoms with Gasteiger partial charge in [0.1, 0.15) is 0 Å². The van der Waals surface area contributed by atoms with Crippen molar-refractivity contribution < 1.29 is 57.0 Å². The Kier molecular flexibility index (Phi) is 19.4. The average Bonchev–Trinajstić information content (AvgIpc) is 2.79. The summed E-state index contributed by atoms with van der Waals surface area (Å²) < 4.78 is 0. The molecule has 0 radical (unpaired) electrons. The maximum atomic E-state index is 3.19. The molecule has 0 saturated heterocycles. The molecule has 0 heterocycles. The van der Waals surface area contributed by atoms with Gasteiger partial charge in [0.25, 0.3) is 0 Å². The molecule has 0 bridgehead atoms. The molecule has 0 atom stereocenters. The standard InChI is InChI=1S/2C7H9.C2H6Si.2BrH.Hf/c2*1-6-4-3-5-7(6)2;1-3-2;;;/h2*4H,3H2,1-2H3;1-2H3;2*1H;/q2*-1;;;;+2/p-2. The van der Waals surface area contributed by atoms with Gasteiger partial charge >= 0.3 is 41.6 Å². The van der Waals surface area contributed by atoms with E-state index in [-0.39, 0.29) is 39.5 Å². The average molecular weight is 583 g/mol. The molecule has 0 saturated carbocycles. The Morgan fingerprint density at radius 2 is 1.10 bits per heavy atom. The molecule has 2 aliphatic rings. The molecule has 0 unspecified atom stereocenters. The third-order valence-corrected chi connectivity index (χ3v) is 2.73. The van der Waals surface area contributed by atoms with Crippen LogP contribution in [-0.4, -0.2) is 5.49 Å². The predicted molar refractivity (Wildman–Crippen MR) is 79.1 cm³/mol. The van der Waals surface area contributed by atoms with E-state index >= 15 is 0 Å². The molecule has 0 aromatic carbocycles. The Labute approximate surface area is 161 Å². The molecule has 0 fully saturated rings. The summed E-state index contributed by atoms with van der Waals surface area (Å²) in [6.07, 6.45) is 12.8. The first-order chi connectivity index (χ1) is 8.34. The minimum atomic E-state index is 0. The Bertz CT molecular complexity index is 348. The topological polar surface area (TPSA) is 0 Å². The van der Waals surface area contributed by atoms with E-state index in [2.05, 4.69) is 65.1 Å². The van der Waals surface area contributed by atoms with Crippen molar-refractivity contribution in [3.8, 4) is 0 Å². The Morgan fingerprint density at radius 1 is 0.850 bits per heavy atom. The predicted octanol–water partition coefficient (Wildman–Crippen LogP) is -1.04. The van der Waals surface area contributed by atoms with Crippen LogP contribution in [-0.2, 0) is 23.0 Å². The molecule has 0 nitrogen and oxygen atoms in total. The van der Waals surface area contributed by atoms with Crippen molar-refractivity contribution in [2.75, 3.05) is 0 Å². The van der Waals surface area contributed by atoms with E-state index in [4.69, 9.17) is 0 Å². The summed E-state index contributed by atoms with van der Waals surface area (Å²) in [7, 11) is 0. The SMILES string of the molecule is CC1=[C-]CC=C1C.CC1=[C-]CC=C1C.C[Si](C)=[Hf+2].[Br-].[Br-]. The van der Waals surface area contributed by atoms with E-state index in [0.29, 0.717) is 0 Å². The second kappa shape index (κ2) is 14.9. The molecular weight excluding hydrogens is 559 g/mol. The molecule has 2 aliphatic carbocycles. The Balaban J connectivity index is -0.000000215. The first-order valence-electron chi connectivity index (χ1n) is 6.35. The van der Waals surface area contributed by atoms with Gasteiger partial charge in [-0.25, -0.2) is 22.3 Å². The molecule has 0 N–H and O–H groups in total. The van der Waals surface area contributed by atoms with Gasteiger partial charge in [-0.15, -0.1) is 26.7 Å². The number of halogens is 2. The van der Waals surface area contributed by atoms with Gasteiger partial charge in [0.05, 0.1) is 0 Å². The summed E-state index contributed by atoms with van der Waals surface area (Å²) in [6, 6.07) is 0. The first-order valence-corrected chi connectivity index (χ1v) is 14.2. The minimum Gasteiger partial charge on any atom is -1.00 e. The third kappa shape index (κ3) is 14.0. The maximum absolute atomic E-state index is 3.19. The molecule has 0 amide bonds. The second-order valence-corrected chi connectivity index (χ2v) is 17.6. The van der Waals surface area contributed by atoms with Crippen molar-refractivity contribution >= 4 is 5.49 Å². The summed E-state index contributed by atoms with van der Waals surface area (Å²) in [5, 5.41) is 0. The Morgan fingerprint density at radius 3 is 1.15 bits per heavy atom. The summed E-state index contributed by atoms with van der Waals surface area (Å²) in [6.45, 7) is 13.1. The van der Waals surface area contributed by atoms with Crippen LogP contribution >= 0.6 is 0 Å². The van der Waals surface area contributed by atoms with Crippen LogP contribution in [0.3, 0.4) is 0 Å². The molecule has 0 aromatic heterocycles. The zero-order chi connectivity index (χ0) is 14.1. The summed E-state index contributed by atoms with van der Waals surface area (Å²) in [5.41, 5.74) is 5.68. The van der Waals surface area contributed by atoms with Gasteiger partial charge in [-0.1, -0.05) is 13.8 Å². The van der Waals surface area contributed by atoms with Gasteiger partial charge < -0.3 is 34.0 Å². The summed E-state index contributed by atoms with van der Waals surface area (Å²) in [4.78, 5) is 0. The number of rotatable bonds is 0. The van der Waals surface area contributed by atoms with Crippen LogP contribution in [0.25, 0.3) is 0 Å². The van der Waals surface area contributed by atoms with E-state index in [0.717, 1.165) is 12.8 Å². The molecule has 0 aliphatic heterocycles. The summed E-state index contributed by atoms with van der Waals surface area (Å²) in [5.74, 6) is 0. The zero-order valence-corrected chi connectivity index (χ0v) is 21.1. The number of hydrogen-bond acceptors (Lipinski definition) is 0. The van der Waals surface area contributed by atoms with Crippen molar-refractivity contribution in [1.82, 2.24) is 0 Å². The van der Waals surface area contributed by atoms with Crippen LogP contribution in [0, 0.1) is 12.2 Å². The monoisotopic (exact) mass is 582 g/mol. The first kappa shape index (κ1) is 25.9. The van der Waals surface area contributed by atoms with Gasteiger partial charge in [-0.05, 0) is 0 Å². The fourth-order valence-corrected chi connectivity index (χ4v) is 1.30. The van der Waals surface area contributed by atoms with E-state index in [1.54, 1.807) is 0 Å². The van der Waals surface area contributed by atoms with E-state index in [9.17, 15) is 0 Å². The fourth-order valence-electron chi connectivity index (χ4n) is 1.30. The zero-order valence-electron chi connectivity index (χ0n) is 13.3. The Hall–Kier alpha value is 1.01. The largest absolute Gasteiger partial charge is 1.00 e. The minimum absolute atomic E-state index is 0. The quantitative estimate of drug-likeness (QED) is 0.253. The van der Waals surface area contributed by atoms with Crippen molar-refractivity contribution in [2.24, 2.45) is 0 Å².